The van der Waals surface area contributed by atoms with Crippen molar-refractivity contribution >= 4 is 5.91 Å². The summed E-state index contributed by atoms with van der Waals surface area (Å²) in [5.41, 5.74) is 10.8. The van der Waals surface area contributed by atoms with Crippen LogP contribution in [0.2, 0.25) is 0 Å². The van der Waals surface area contributed by atoms with E-state index < -0.39 is 11.5 Å². The maximum Gasteiger partial charge on any atom is 0.249 e. The standard InChI is InChI=1S/C27H34N4O4/c1-27(14-18(16-35-27)22-6-5-7-23(26(28)32)24(22)15-29-2)25-12-19(30-31-25)9-8-17-10-20(33-3)13-21(11-17)34-4/h5-7,10-13,18,29H,8-9,14-16H2,1-4H3,(H2,28,32)(H,30,31). The average molecular weight is 479 g/mol. The minimum atomic E-state index is -0.516. The molecule has 1 amide bonds. The Hall–Kier alpha value is -3.36. The molecule has 2 heterocycles. The minimum Gasteiger partial charge on any atom is -0.497 e. The van der Waals surface area contributed by atoms with E-state index in [1.165, 1.54) is 0 Å². The van der Waals surface area contributed by atoms with E-state index >= 15 is 0 Å². The van der Waals surface area contributed by atoms with Gasteiger partial charge in [-0.05, 0) is 74.2 Å². The van der Waals surface area contributed by atoms with E-state index in [1.807, 2.05) is 31.3 Å². The zero-order chi connectivity index (χ0) is 25.0. The van der Waals surface area contributed by atoms with E-state index in [9.17, 15) is 4.79 Å². The molecule has 1 aliphatic rings. The molecule has 4 rings (SSSR count). The van der Waals surface area contributed by atoms with Gasteiger partial charge >= 0.3 is 0 Å². The molecule has 0 radical (unpaired) electrons. The van der Waals surface area contributed by atoms with Crippen LogP contribution in [0.25, 0.3) is 0 Å². The van der Waals surface area contributed by atoms with E-state index in [0.717, 1.165) is 58.8 Å². The van der Waals surface area contributed by atoms with E-state index in [1.54, 1.807) is 20.3 Å². The molecule has 186 valence electrons. The first-order chi connectivity index (χ1) is 16.9. The van der Waals surface area contributed by atoms with Crippen molar-refractivity contribution < 1.29 is 19.0 Å². The van der Waals surface area contributed by atoms with Crippen molar-refractivity contribution in [1.82, 2.24) is 15.5 Å². The second-order valence-electron chi connectivity index (χ2n) is 9.21. The molecule has 2 atom stereocenters. The first-order valence-electron chi connectivity index (χ1n) is 11.8. The van der Waals surface area contributed by atoms with Crippen molar-refractivity contribution in [3.05, 3.63) is 76.1 Å². The number of rotatable bonds is 10. The van der Waals surface area contributed by atoms with Gasteiger partial charge in [-0.3, -0.25) is 9.89 Å². The van der Waals surface area contributed by atoms with Crippen molar-refractivity contribution in [2.75, 3.05) is 27.9 Å². The highest BCUT2D eigenvalue weighted by Crippen LogP contribution is 2.43. The molecule has 8 nitrogen and oxygen atoms in total. The van der Waals surface area contributed by atoms with Gasteiger partial charge in [0.25, 0.3) is 0 Å². The van der Waals surface area contributed by atoms with Gasteiger partial charge < -0.3 is 25.3 Å². The summed E-state index contributed by atoms with van der Waals surface area (Å²) in [7, 11) is 5.17. The van der Waals surface area contributed by atoms with Gasteiger partial charge in [0.15, 0.2) is 0 Å². The number of carbonyl (C=O) groups is 1. The molecule has 0 spiro atoms. The number of methoxy groups -OCH3 is 2. The second kappa shape index (κ2) is 10.5. The third kappa shape index (κ3) is 5.33. The van der Waals surface area contributed by atoms with Crippen LogP contribution in [0.5, 0.6) is 11.5 Å². The smallest absolute Gasteiger partial charge is 0.249 e. The lowest BCUT2D eigenvalue weighted by Crippen LogP contribution is -2.21. The SMILES string of the molecule is CNCc1c(C(N)=O)cccc1C1COC(C)(c2cc(CCc3cc(OC)cc(OC)c3)[nH]n2)C1. The van der Waals surface area contributed by atoms with Crippen LogP contribution in [0.15, 0.2) is 42.5 Å². The number of aromatic amines is 1. The van der Waals surface area contributed by atoms with Crippen LogP contribution in [0, 0.1) is 0 Å². The fraction of sp³-hybridized carbons (Fsp3) is 0.407. The van der Waals surface area contributed by atoms with Crippen molar-refractivity contribution in [3.8, 4) is 11.5 Å². The number of carbonyl (C=O) groups excluding carboxylic acids is 1. The third-order valence-corrected chi connectivity index (χ3v) is 6.78. The van der Waals surface area contributed by atoms with Gasteiger partial charge in [0, 0.05) is 29.8 Å². The van der Waals surface area contributed by atoms with Gasteiger partial charge in [0.05, 0.1) is 26.5 Å². The van der Waals surface area contributed by atoms with E-state index in [4.69, 9.17) is 19.9 Å². The van der Waals surface area contributed by atoms with Gasteiger partial charge in [0.2, 0.25) is 5.91 Å². The molecule has 1 fully saturated rings. The molecular formula is C27H34N4O4. The number of nitrogens with two attached hydrogens (primary N) is 1. The zero-order valence-electron chi connectivity index (χ0n) is 20.8. The van der Waals surface area contributed by atoms with Crippen molar-refractivity contribution in [2.45, 2.75) is 44.2 Å². The monoisotopic (exact) mass is 478 g/mol. The number of nitrogens with zero attached hydrogens (tertiary/aromatic N) is 1. The lowest BCUT2D eigenvalue weighted by Gasteiger charge is -2.21. The second-order valence-corrected chi connectivity index (χ2v) is 9.21. The summed E-state index contributed by atoms with van der Waals surface area (Å²) in [6, 6.07) is 13.7. The molecule has 2 unspecified atom stereocenters. The number of aromatic nitrogens is 2. The van der Waals surface area contributed by atoms with E-state index in [-0.39, 0.29) is 5.92 Å². The molecule has 1 aromatic heterocycles. The fourth-order valence-corrected chi connectivity index (χ4v) is 4.89. The van der Waals surface area contributed by atoms with Crippen LogP contribution in [0.4, 0.5) is 0 Å². The largest absolute Gasteiger partial charge is 0.497 e. The number of primary amides is 1. The Balaban J connectivity index is 1.48. The molecule has 0 bridgehead atoms. The number of ether oxygens (including phenoxy) is 3. The van der Waals surface area contributed by atoms with Crippen molar-refractivity contribution in [2.24, 2.45) is 5.73 Å². The van der Waals surface area contributed by atoms with Crippen molar-refractivity contribution in [3.63, 3.8) is 0 Å². The highest BCUT2D eigenvalue weighted by Gasteiger charge is 2.41. The van der Waals surface area contributed by atoms with Gasteiger partial charge in [-0.25, -0.2) is 0 Å². The van der Waals surface area contributed by atoms with Crippen LogP contribution in [-0.2, 0) is 29.7 Å². The predicted octanol–water partition coefficient (Wildman–Crippen LogP) is 3.45. The van der Waals surface area contributed by atoms with Gasteiger partial charge in [-0.15, -0.1) is 0 Å². The number of nitrogens with one attached hydrogen (secondary N) is 2. The lowest BCUT2D eigenvalue weighted by molar-refractivity contribution is 0.0127. The Morgan fingerprint density at radius 3 is 2.60 bits per heavy atom. The molecule has 1 aliphatic heterocycles. The molecule has 0 saturated carbocycles. The third-order valence-electron chi connectivity index (χ3n) is 6.78. The number of H-pyrrole nitrogens is 1. The van der Waals surface area contributed by atoms with Crippen LogP contribution in [-0.4, -0.2) is 44.0 Å². The van der Waals surface area contributed by atoms with Crippen LogP contribution < -0.4 is 20.5 Å². The van der Waals surface area contributed by atoms with Gasteiger partial charge in [-0.2, -0.15) is 5.10 Å². The number of benzene rings is 2. The Bertz CT molecular complexity index is 1170. The predicted molar refractivity (Wildman–Crippen MR) is 134 cm³/mol. The highest BCUT2D eigenvalue weighted by atomic mass is 16.5. The van der Waals surface area contributed by atoms with Crippen LogP contribution >= 0.6 is 0 Å². The summed E-state index contributed by atoms with van der Waals surface area (Å²) in [6.07, 6.45) is 2.39. The summed E-state index contributed by atoms with van der Waals surface area (Å²) in [4.78, 5) is 12.0. The molecule has 4 N–H and O–H groups in total. The number of hydrogen-bond donors (Lipinski definition) is 3. The Labute approximate surface area is 206 Å². The number of hydrogen-bond acceptors (Lipinski definition) is 6. The maximum absolute atomic E-state index is 12.0. The minimum absolute atomic E-state index is 0.145. The molecular weight excluding hydrogens is 444 g/mol. The normalized spacial score (nSPS) is 19.6. The van der Waals surface area contributed by atoms with Crippen LogP contribution in [0.3, 0.4) is 0 Å². The Morgan fingerprint density at radius 1 is 1.20 bits per heavy atom. The number of aryl methyl sites for hydroxylation is 2. The molecule has 1 saturated heterocycles. The van der Waals surface area contributed by atoms with E-state index in [0.29, 0.717) is 18.7 Å². The fourth-order valence-electron chi connectivity index (χ4n) is 4.89. The molecule has 0 aliphatic carbocycles. The molecule has 3 aromatic rings. The van der Waals surface area contributed by atoms with Gasteiger partial charge in [0.1, 0.15) is 17.1 Å². The zero-order valence-corrected chi connectivity index (χ0v) is 20.8. The summed E-state index contributed by atoms with van der Waals surface area (Å²) in [6.45, 7) is 3.21. The van der Waals surface area contributed by atoms with Crippen molar-refractivity contribution in [1.29, 1.82) is 0 Å². The summed E-state index contributed by atoms with van der Waals surface area (Å²) < 4.78 is 17.1. The Morgan fingerprint density at radius 2 is 1.94 bits per heavy atom. The molecule has 35 heavy (non-hydrogen) atoms. The molecule has 8 heteroatoms. The summed E-state index contributed by atoms with van der Waals surface area (Å²) in [5.74, 6) is 1.29. The number of amides is 1. The first kappa shape index (κ1) is 24.8. The quantitative estimate of drug-likeness (QED) is 0.412. The van der Waals surface area contributed by atoms with Crippen LogP contribution in [0.1, 0.15) is 57.7 Å². The average Bonchev–Trinajstić information content (AvgIpc) is 3.50. The first-order valence-corrected chi connectivity index (χ1v) is 11.8. The molecule has 2 aromatic carbocycles. The maximum atomic E-state index is 12.0. The highest BCUT2D eigenvalue weighted by molar-refractivity contribution is 5.94. The Kier molecular flexibility index (Phi) is 7.42. The summed E-state index contributed by atoms with van der Waals surface area (Å²) in [5, 5.41) is 10.9. The van der Waals surface area contributed by atoms with E-state index in [2.05, 4.69) is 34.6 Å². The van der Waals surface area contributed by atoms with Gasteiger partial charge in [-0.1, -0.05) is 12.1 Å². The summed E-state index contributed by atoms with van der Waals surface area (Å²) >= 11 is 0. The topological polar surface area (TPSA) is 111 Å². The lowest BCUT2D eigenvalue weighted by atomic mass is 9.85.